The molecule has 0 unspecified atom stereocenters. The number of halogens is 2. The van der Waals surface area contributed by atoms with E-state index in [4.69, 9.17) is 16.1 Å². The highest BCUT2D eigenvalue weighted by atomic mass is 35.5. The summed E-state index contributed by atoms with van der Waals surface area (Å²) in [5.41, 5.74) is 3.88. The zero-order chi connectivity index (χ0) is 18.8. The molecule has 1 fully saturated rings. The van der Waals surface area contributed by atoms with Gasteiger partial charge < -0.3 is 9.42 Å². The summed E-state index contributed by atoms with van der Waals surface area (Å²) < 4.78 is 18.7. The van der Waals surface area contributed by atoms with Gasteiger partial charge in [0.1, 0.15) is 11.5 Å². The van der Waals surface area contributed by atoms with Crippen LogP contribution in [0.5, 0.6) is 0 Å². The molecule has 4 nitrogen and oxygen atoms in total. The molecular weight excluding hydrogens is 365 g/mol. The van der Waals surface area contributed by atoms with E-state index in [2.05, 4.69) is 21.0 Å². The highest BCUT2D eigenvalue weighted by Gasteiger charge is 2.21. The minimum Gasteiger partial charge on any atom is -0.368 e. The molecule has 0 bridgehead atoms. The zero-order valence-electron chi connectivity index (χ0n) is 15.2. The van der Waals surface area contributed by atoms with Gasteiger partial charge >= 0.3 is 0 Å². The standard InChI is InChI=1S/C21H21ClFN3O/c1-15-19(24-27-21(15)16-6-8-17(23)9-7-16)14-25-10-12-26(13-11-25)20-5-3-2-4-18(20)22/h2-9H,10-14H2,1H3. The van der Waals surface area contributed by atoms with Crippen LogP contribution in [0.1, 0.15) is 11.3 Å². The number of aromatic nitrogens is 1. The lowest BCUT2D eigenvalue weighted by atomic mass is 10.1. The Labute approximate surface area is 163 Å². The fourth-order valence-corrected chi connectivity index (χ4v) is 3.71. The maximum Gasteiger partial charge on any atom is 0.170 e. The molecule has 1 saturated heterocycles. The van der Waals surface area contributed by atoms with Crippen molar-refractivity contribution in [3.8, 4) is 11.3 Å². The molecule has 1 aliphatic rings. The smallest absolute Gasteiger partial charge is 0.170 e. The summed E-state index contributed by atoms with van der Waals surface area (Å²) in [7, 11) is 0. The van der Waals surface area contributed by atoms with E-state index >= 15 is 0 Å². The number of benzene rings is 2. The monoisotopic (exact) mass is 385 g/mol. The van der Waals surface area contributed by atoms with Crippen molar-refractivity contribution in [2.24, 2.45) is 0 Å². The van der Waals surface area contributed by atoms with E-state index in [9.17, 15) is 4.39 Å². The minimum absolute atomic E-state index is 0.257. The van der Waals surface area contributed by atoms with Gasteiger partial charge in [0, 0.05) is 43.9 Å². The molecule has 140 valence electrons. The summed E-state index contributed by atoms with van der Waals surface area (Å²) in [5, 5.41) is 5.05. The second-order valence-electron chi connectivity index (χ2n) is 6.80. The molecule has 2 aromatic carbocycles. The Morgan fingerprint density at radius 2 is 1.74 bits per heavy atom. The van der Waals surface area contributed by atoms with E-state index in [1.807, 2.05) is 25.1 Å². The van der Waals surface area contributed by atoms with E-state index in [1.54, 1.807) is 12.1 Å². The molecular formula is C21H21ClFN3O. The van der Waals surface area contributed by atoms with Gasteiger partial charge in [-0.2, -0.15) is 0 Å². The number of piperazine rings is 1. The first-order valence-electron chi connectivity index (χ1n) is 9.05. The van der Waals surface area contributed by atoms with Crippen LogP contribution in [0.25, 0.3) is 11.3 Å². The Balaban J connectivity index is 1.41. The summed E-state index contributed by atoms with van der Waals surface area (Å²) in [4.78, 5) is 4.69. The van der Waals surface area contributed by atoms with Gasteiger partial charge in [0.05, 0.1) is 10.7 Å². The molecule has 4 rings (SSSR count). The fraction of sp³-hybridized carbons (Fsp3) is 0.286. The normalized spacial score (nSPS) is 15.3. The molecule has 0 N–H and O–H groups in total. The van der Waals surface area contributed by atoms with Crippen LogP contribution in [0, 0.1) is 12.7 Å². The highest BCUT2D eigenvalue weighted by Crippen LogP contribution is 2.28. The van der Waals surface area contributed by atoms with Crippen molar-refractivity contribution in [3.05, 3.63) is 70.6 Å². The van der Waals surface area contributed by atoms with Crippen molar-refractivity contribution >= 4 is 17.3 Å². The van der Waals surface area contributed by atoms with Crippen LogP contribution in [0.4, 0.5) is 10.1 Å². The highest BCUT2D eigenvalue weighted by molar-refractivity contribution is 6.33. The fourth-order valence-electron chi connectivity index (χ4n) is 3.45. The van der Waals surface area contributed by atoms with Gasteiger partial charge in [-0.25, -0.2) is 4.39 Å². The van der Waals surface area contributed by atoms with Crippen molar-refractivity contribution < 1.29 is 8.91 Å². The summed E-state index contributed by atoms with van der Waals surface area (Å²) >= 11 is 6.31. The lowest BCUT2D eigenvalue weighted by Crippen LogP contribution is -2.46. The maximum atomic E-state index is 13.1. The van der Waals surface area contributed by atoms with E-state index < -0.39 is 0 Å². The number of hydrogen-bond acceptors (Lipinski definition) is 4. The van der Waals surface area contributed by atoms with Crippen LogP contribution in [-0.4, -0.2) is 36.2 Å². The van der Waals surface area contributed by atoms with Crippen LogP contribution in [0.3, 0.4) is 0 Å². The minimum atomic E-state index is -0.257. The van der Waals surface area contributed by atoms with Crippen LogP contribution < -0.4 is 4.90 Å². The summed E-state index contributed by atoms with van der Waals surface area (Å²) in [6.45, 7) is 6.46. The van der Waals surface area contributed by atoms with Crippen molar-refractivity contribution in [3.63, 3.8) is 0 Å². The number of anilines is 1. The molecule has 1 aromatic heterocycles. The van der Waals surface area contributed by atoms with Crippen molar-refractivity contribution in [2.45, 2.75) is 13.5 Å². The number of rotatable bonds is 4. The molecule has 0 aliphatic carbocycles. The maximum absolute atomic E-state index is 13.1. The van der Waals surface area contributed by atoms with Gasteiger partial charge in [0.25, 0.3) is 0 Å². The van der Waals surface area contributed by atoms with Gasteiger partial charge in [-0.05, 0) is 43.3 Å². The lowest BCUT2D eigenvalue weighted by Gasteiger charge is -2.36. The molecule has 3 aromatic rings. The first-order valence-corrected chi connectivity index (χ1v) is 9.42. The van der Waals surface area contributed by atoms with Gasteiger partial charge in [-0.15, -0.1) is 0 Å². The molecule has 0 atom stereocenters. The second-order valence-corrected chi connectivity index (χ2v) is 7.21. The molecule has 0 saturated carbocycles. The largest absolute Gasteiger partial charge is 0.368 e. The summed E-state index contributed by atoms with van der Waals surface area (Å²) in [5.74, 6) is 0.451. The van der Waals surface area contributed by atoms with Crippen molar-refractivity contribution in [1.29, 1.82) is 0 Å². The number of nitrogens with zero attached hydrogens (tertiary/aromatic N) is 3. The molecule has 6 heteroatoms. The Morgan fingerprint density at radius 1 is 1.04 bits per heavy atom. The molecule has 27 heavy (non-hydrogen) atoms. The first-order chi connectivity index (χ1) is 13.1. The zero-order valence-corrected chi connectivity index (χ0v) is 15.9. The van der Waals surface area contributed by atoms with Gasteiger partial charge in [-0.1, -0.05) is 28.9 Å². The van der Waals surface area contributed by atoms with Crippen LogP contribution >= 0.6 is 11.6 Å². The first kappa shape index (κ1) is 18.0. The summed E-state index contributed by atoms with van der Waals surface area (Å²) in [6, 6.07) is 14.3. The third-order valence-electron chi connectivity index (χ3n) is 5.07. The van der Waals surface area contributed by atoms with Crippen LogP contribution in [0.2, 0.25) is 5.02 Å². The topological polar surface area (TPSA) is 32.5 Å². The third-order valence-corrected chi connectivity index (χ3v) is 5.39. The molecule has 0 radical (unpaired) electrons. The van der Waals surface area contributed by atoms with Gasteiger partial charge in [-0.3, -0.25) is 4.90 Å². The average Bonchev–Trinajstić information content (AvgIpc) is 3.04. The van der Waals surface area contributed by atoms with Crippen LogP contribution in [0.15, 0.2) is 53.1 Å². The van der Waals surface area contributed by atoms with Crippen LogP contribution in [-0.2, 0) is 6.54 Å². The Hall–Kier alpha value is -2.37. The van der Waals surface area contributed by atoms with Gasteiger partial charge in [0.15, 0.2) is 5.76 Å². The molecule has 1 aliphatic heterocycles. The van der Waals surface area contributed by atoms with E-state index in [0.29, 0.717) is 5.76 Å². The van der Waals surface area contributed by atoms with E-state index in [1.165, 1.54) is 12.1 Å². The molecule has 0 spiro atoms. The number of para-hydroxylation sites is 1. The van der Waals surface area contributed by atoms with Gasteiger partial charge in [0.2, 0.25) is 0 Å². The van der Waals surface area contributed by atoms with E-state index in [-0.39, 0.29) is 5.82 Å². The lowest BCUT2D eigenvalue weighted by molar-refractivity contribution is 0.242. The Morgan fingerprint density at radius 3 is 2.44 bits per heavy atom. The van der Waals surface area contributed by atoms with Crippen molar-refractivity contribution in [2.75, 3.05) is 31.1 Å². The predicted octanol–water partition coefficient (Wildman–Crippen LogP) is 4.76. The Kier molecular flexibility index (Phi) is 5.14. The average molecular weight is 386 g/mol. The predicted molar refractivity (Wildman–Crippen MR) is 106 cm³/mol. The Bertz CT molecular complexity index is 917. The molecule has 2 heterocycles. The third kappa shape index (κ3) is 3.84. The van der Waals surface area contributed by atoms with E-state index in [0.717, 1.165) is 60.3 Å². The molecule has 0 amide bonds. The summed E-state index contributed by atoms with van der Waals surface area (Å²) in [6.07, 6.45) is 0. The quantitative estimate of drug-likeness (QED) is 0.648. The van der Waals surface area contributed by atoms with Crippen molar-refractivity contribution in [1.82, 2.24) is 10.1 Å². The number of hydrogen-bond donors (Lipinski definition) is 0. The SMILES string of the molecule is Cc1c(CN2CCN(c3ccccc3Cl)CC2)noc1-c1ccc(F)cc1. The second kappa shape index (κ2) is 7.71.